The van der Waals surface area contributed by atoms with Gasteiger partial charge in [0, 0.05) is 17.5 Å². The number of benzene rings is 1. The van der Waals surface area contributed by atoms with Gasteiger partial charge in [0.2, 0.25) is 5.91 Å². The third kappa shape index (κ3) is 5.05. The van der Waals surface area contributed by atoms with Gasteiger partial charge < -0.3 is 11.1 Å². The molecule has 1 aromatic carbocycles. The average molecular weight is 344 g/mol. The maximum Gasteiger partial charge on any atom is 0.243 e. The van der Waals surface area contributed by atoms with Crippen LogP contribution in [0, 0.1) is 5.82 Å². The number of amides is 1. The molecule has 0 fully saturated rings. The summed E-state index contributed by atoms with van der Waals surface area (Å²) in [4.78, 5) is 16.8. The SMILES string of the molecule is CCCC(N)C(=O)Nc1ncc(Cc2ccccc2F)s1.Cl. The van der Waals surface area contributed by atoms with Crippen LogP contribution in [0.2, 0.25) is 0 Å². The number of nitrogens with one attached hydrogen (secondary N) is 1. The molecule has 0 bridgehead atoms. The van der Waals surface area contributed by atoms with E-state index in [1.54, 1.807) is 24.4 Å². The first-order chi connectivity index (χ1) is 10.1. The fraction of sp³-hybridized carbons (Fsp3) is 0.333. The van der Waals surface area contributed by atoms with Crippen LogP contribution in [0.15, 0.2) is 30.5 Å². The number of halogens is 2. The Bertz CT molecular complexity index is 620. The maximum atomic E-state index is 13.6. The summed E-state index contributed by atoms with van der Waals surface area (Å²) in [6.45, 7) is 1.98. The standard InChI is InChI=1S/C15H18FN3OS.ClH/c1-2-5-13(17)14(20)19-15-18-9-11(21-15)8-10-6-3-4-7-12(10)16;/h3-4,6-7,9,13H,2,5,8,17H2,1H3,(H,18,19,20);1H. The number of aromatic nitrogens is 1. The molecule has 22 heavy (non-hydrogen) atoms. The van der Waals surface area contributed by atoms with Crippen molar-refractivity contribution in [3.05, 3.63) is 46.7 Å². The molecule has 0 aliphatic rings. The molecular weight excluding hydrogens is 325 g/mol. The fourth-order valence-electron chi connectivity index (χ4n) is 1.92. The Labute approximate surface area is 139 Å². The summed E-state index contributed by atoms with van der Waals surface area (Å²) in [7, 11) is 0. The van der Waals surface area contributed by atoms with E-state index < -0.39 is 6.04 Å². The largest absolute Gasteiger partial charge is 0.320 e. The van der Waals surface area contributed by atoms with Crippen LogP contribution >= 0.6 is 23.7 Å². The van der Waals surface area contributed by atoms with Crippen LogP contribution in [-0.2, 0) is 11.2 Å². The van der Waals surface area contributed by atoms with Crippen molar-refractivity contribution in [3.8, 4) is 0 Å². The van der Waals surface area contributed by atoms with Gasteiger partial charge in [-0.1, -0.05) is 31.5 Å². The van der Waals surface area contributed by atoms with Gasteiger partial charge in [-0.05, 0) is 18.1 Å². The molecule has 1 atom stereocenters. The summed E-state index contributed by atoms with van der Waals surface area (Å²) in [5.74, 6) is -0.468. The highest BCUT2D eigenvalue weighted by atomic mass is 35.5. The number of carbonyl (C=O) groups excluding carboxylic acids is 1. The van der Waals surface area contributed by atoms with Crippen LogP contribution in [0.5, 0.6) is 0 Å². The number of anilines is 1. The van der Waals surface area contributed by atoms with Gasteiger partial charge in [0.05, 0.1) is 6.04 Å². The molecule has 2 aromatic rings. The Morgan fingerprint density at radius 1 is 1.45 bits per heavy atom. The zero-order chi connectivity index (χ0) is 15.2. The molecule has 0 saturated carbocycles. The highest BCUT2D eigenvalue weighted by Crippen LogP contribution is 2.22. The molecule has 0 saturated heterocycles. The van der Waals surface area contributed by atoms with Crippen molar-refractivity contribution in [2.75, 3.05) is 5.32 Å². The van der Waals surface area contributed by atoms with E-state index in [0.717, 1.165) is 11.3 Å². The Morgan fingerprint density at radius 3 is 2.86 bits per heavy atom. The zero-order valence-corrected chi connectivity index (χ0v) is 13.8. The predicted molar refractivity (Wildman–Crippen MR) is 90.1 cm³/mol. The lowest BCUT2D eigenvalue weighted by Gasteiger charge is -2.08. The van der Waals surface area contributed by atoms with E-state index in [2.05, 4.69) is 10.3 Å². The third-order valence-electron chi connectivity index (χ3n) is 3.04. The second-order valence-electron chi connectivity index (χ2n) is 4.78. The quantitative estimate of drug-likeness (QED) is 0.845. The van der Waals surface area contributed by atoms with E-state index in [9.17, 15) is 9.18 Å². The molecule has 0 aliphatic carbocycles. The van der Waals surface area contributed by atoms with Gasteiger partial charge in [0.15, 0.2) is 5.13 Å². The van der Waals surface area contributed by atoms with Crippen LogP contribution in [0.3, 0.4) is 0 Å². The lowest BCUT2D eigenvalue weighted by molar-refractivity contribution is -0.117. The van der Waals surface area contributed by atoms with E-state index in [1.165, 1.54) is 17.4 Å². The Hall–Kier alpha value is -1.50. The zero-order valence-electron chi connectivity index (χ0n) is 12.2. The van der Waals surface area contributed by atoms with E-state index in [4.69, 9.17) is 5.73 Å². The van der Waals surface area contributed by atoms with Crippen molar-refractivity contribution in [2.24, 2.45) is 5.73 Å². The molecule has 120 valence electrons. The van der Waals surface area contributed by atoms with Gasteiger partial charge in [0.1, 0.15) is 5.82 Å². The molecule has 1 unspecified atom stereocenters. The number of carbonyl (C=O) groups is 1. The van der Waals surface area contributed by atoms with Gasteiger partial charge in [-0.25, -0.2) is 9.37 Å². The van der Waals surface area contributed by atoms with E-state index in [1.807, 2.05) is 6.92 Å². The number of thiazole rings is 1. The van der Waals surface area contributed by atoms with Crippen molar-refractivity contribution >= 4 is 34.8 Å². The number of nitrogens with two attached hydrogens (primary N) is 1. The number of hydrogen-bond donors (Lipinski definition) is 2. The molecule has 2 rings (SSSR count). The molecule has 7 heteroatoms. The van der Waals surface area contributed by atoms with Crippen molar-refractivity contribution in [3.63, 3.8) is 0 Å². The molecule has 1 heterocycles. The Morgan fingerprint density at radius 2 is 2.18 bits per heavy atom. The van der Waals surface area contributed by atoms with Crippen LogP contribution in [0.4, 0.5) is 9.52 Å². The van der Waals surface area contributed by atoms with Crippen molar-refractivity contribution in [1.82, 2.24) is 4.98 Å². The summed E-state index contributed by atoms with van der Waals surface area (Å²) >= 11 is 1.33. The molecule has 0 radical (unpaired) electrons. The van der Waals surface area contributed by atoms with Crippen molar-refractivity contribution in [2.45, 2.75) is 32.2 Å². The fourth-order valence-corrected chi connectivity index (χ4v) is 2.76. The van der Waals surface area contributed by atoms with Crippen LogP contribution in [0.25, 0.3) is 0 Å². The van der Waals surface area contributed by atoms with Gasteiger partial charge in [-0.2, -0.15) is 0 Å². The average Bonchev–Trinajstić information content (AvgIpc) is 2.89. The summed E-state index contributed by atoms with van der Waals surface area (Å²) < 4.78 is 13.6. The van der Waals surface area contributed by atoms with E-state index >= 15 is 0 Å². The van der Waals surface area contributed by atoms with Gasteiger partial charge in [-0.15, -0.1) is 23.7 Å². The minimum Gasteiger partial charge on any atom is -0.320 e. The van der Waals surface area contributed by atoms with E-state index in [0.29, 0.717) is 23.5 Å². The van der Waals surface area contributed by atoms with Crippen LogP contribution in [-0.4, -0.2) is 16.9 Å². The summed E-state index contributed by atoms with van der Waals surface area (Å²) in [6.07, 6.45) is 3.60. The smallest absolute Gasteiger partial charge is 0.243 e. The normalized spacial score (nSPS) is 11.6. The Kier molecular flexibility index (Phi) is 7.44. The minimum absolute atomic E-state index is 0. The number of hydrogen-bond acceptors (Lipinski definition) is 4. The second-order valence-corrected chi connectivity index (χ2v) is 5.90. The number of nitrogens with zero attached hydrogens (tertiary/aromatic N) is 1. The van der Waals surface area contributed by atoms with Gasteiger partial charge >= 0.3 is 0 Å². The molecule has 4 nitrogen and oxygen atoms in total. The Balaban J connectivity index is 0.00000242. The van der Waals surface area contributed by atoms with E-state index in [-0.39, 0.29) is 24.1 Å². The number of rotatable bonds is 6. The van der Waals surface area contributed by atoms with Crippen molar-refractivity contribution in [1.29, 1.82) is 0 Å². The first-order valence-corrected chi connectivity index (χ1v) is 7.66. The summed E-state index contributed by atoms with van der Waals surface area (Å²) in [6, 6.07) is 6.11. The third-order valence-corrected chi connectivity index (χ3v) is 3.96. The lowest BCUT2D eigenvalue weighted by atomic mass is 10.1. The van der Waals surface area contributed by atoms with Gasteiger partial charge in [0.25, 0.3) is 0 Å². The van der Waals surface area contributed by atoms with Crippen LogP contribution < -0.4 is 11.1 Å². The maximum absolute atomic E-state index is 13.6. The monoisotopic (exact) mass is 343 g/mol. The molecule has 3 N–H and O–H groups in total. The molecule has 0 spiro atoms. The second kappa shape index (κ2) is 8.82. The minimum atomic E-state index is -0.520. The van der Waals surface area contributed by atoms with Crippen molar-refractivity contribution < 1.29 is 9.18 Å². The summed E-state index contributed by atoms with van der Waals surface area (Å²) in [5.41, 5.74) is 6.35. The van der Waals surface area contributed by atoms with Gasteiger partial charge in [-0.3, -0.25) is 4.79 Å². The molecule has 0 aliphatic heterocycles. The molecular formula is C15H19ClFN3OS. The highest BCUT2D eigenvalue weighted by Gasteiger charge is 2.14. The summed E-state index contributed by atoms with van der Waals surface area (Å²) in [5, 5.41) is 3.20. The lowest BCUT2D eigenvalue weighted by Crippen LogP contribution is -2.35. The first-order valence-electron chi connectivity index (χ1n) is 6.84. The highest BCUT2D eigenvalue weighted by molar-refractivity contribution is 7.15. The predicted octanol–water partition coefficient (Wildman–Crippen LogP) is 3.36. The van der Waals surface area contributed by atoms with Crippen LogP contribution in [0.1, 0.15) is 30.2 Å². The topological polar surface area (TPSA) is 68.0 Å². The molecule has 1 aromatic heterocycles. The molecule has 1 amide bonds. The first kappa shape index (κ1) is 18.5.